The first-order valence-electron chi connectivity index (χ1n) is 7.31. The van der Waals surface area contributed by atoms with Crippen LogP contribution < -0.4 is 5.32 Å². The SMILES string of the molecule is C[C@@H](CS(C)(=O)=O)NCc1nc2ccccc2n1C1CC1. The fourth-order valence-corrected chi connectivity index (χ4v) is 3.76. The van der Waals surface area contributed by atoms with E-state index in [9.17, 15) is 8.42 Å². The molecule has 1 N–H and O–H groups in total. The van der Waals surface area contributed by atoms with Gasteiger partial charge >= 0.3 is 0 Å². The third-order valence-corrected chi connectivity index (χ3v) is 4.85. The van der Waals surface area contributed by atoms with Crippen LogP contribution in [-0.4, -0.2) is 36.0 Å². The molecule has 0 aliphatic heterocycles. The molecular formula is C15H21N3O2S. The second kappa shape index (κ2) is 5.42. The van der Waals surface area contributed by atoms with Crippen molar-refractivity contribution in [2.75, 3.05) is 12.0 Å². The highest BCUT2D eigenvalue weighted by atomic mass is 32.2. The van der Waals surface area contributed by atoms with Crippen LogP contribution in [0, 0.1) is 0 Å². The summed E-state index contributed by atoms with van der Waals surface area (Å²) < 4.78 is 24.9. The maximum absolute atomic E-state index is 11.3. The van der Waals surface area contributed by atoms with Gasteiger partial charge < -0.3 is 9.88 Å². The monoisotopic (exact) mass is 307 g/mol. The Morgan fingerprint density at radius 1 is 1.38 bits per heavy atom. The minimum absolute atomic E-state index is 0.0764. The third kappa shape index (κ3) is 3.44. The number of rotatable bonds is 6. The van der Waals surface area contributed by atoms with Crippen molar-refractivity contribution in [3.8, 4) is 0 Å². The second-order valence-electron chi connectivity index (χ2n) is 5.99. The molecule has 1 atom stereocenters. The first-order valence-corrected chi connectivity index (χ1v) is 9.37. The number of imidazole rings is 1. The van der Waals surface area contributed by atoms with E-state index in [1.165, 1.54) is 24.6 Å². The van der Waals surface area contributed by atoms with Crippen LogP contribution in [0.15, 0.2) is 24.3 Å². The van der Waals surface area contributed by atoms with E-state index in [0.29, 0.717) is 12.6 Å². The Hall–Kier alpha value is -1.40. The molecule has 114 valence electrons. The van der Waals surface area contributed by atoms with Crippen molar-refractivity contribution in [1.29, 1.82) is 0 Å². The first-order chi connectivity index (χ1) is 9.94. The van der Waals surface area contributed by atoms with Crippen LogP contribution in [-0.2, 0) is 16.4 Å². The molecule has 0 unspecified atom stereocenters. The minimum Gasteiger partial charge on any atom is -0.324 e. The Balaban J connectivity index is 1.79. The lowest BCUT2D eigenvalue weighted by atomic mass is 10.3. The van der Waals surface area contributed by atoms with E-state index >= 15 is 0 Å². The number of benzene rings is 1. The Labute approximate surface area is 125 Å². The van der Waals surface area contributed by atoms with Crippen LogP contribution in [0.4, 0.5) is 0 Å². The summed E-state index contributed by atoms with van der Waals surface area (Å²) >= 11 is 0. The molecule has 6 heteroatoms. The summed E-state index contributed by atoms with van der Waals surface area (Å²) in [5.41, 5.74) is 2.18. The fourth-order valence-electron chi connectivity index (χ4n) is 2.74. The number of hydrogen-bond donors (Lipinski definition) is 1. The summed E-state index contributed by atoms with van der Waals surface area (Å²) in [4.78, 5) is 4.69. The van der Waals surface area contributed by atoms with Gasteiger partial charge in [-0.1, -0.05) is 12.1 Å². The number of hydrogen-bond acceptors (Lipinski definition) is 4. The number of para-hydroxylation sites is 2. The zero-order valence-corrected chi connectivity index (χ0v) is 13.2. The van der Waals surface area contributed by atoms with Crippen molar-refractivity contribution >= 4 is 20.9 Å². The molecule has 0 radical (unpaired) electrons. The molecule has 1 aliphatic carbocycles. The summed E-state index contributed by atoms with van der Waals surface area (Å²) in [6.07, 6.45) is 3.67. The first kappa shape index (κ1) is 14.5. The number of fused-ring (bicyclic) bond motifs is 1. The van der Waals surface area contributed by atoms with E-state index in [-0.39, 0.29) is 11.8 Å². The van der Waals surface area contributed by atoms with Gasteiger partial charge in [-0.25, -0.2) is 13.4 Å². The molecule has 0 spiro atoms. The quantitative estimate of drug-likeness (QED) is 0.885. The van der Waals surface area contributed by atoms with Crippen molar-refractivity contribution in [2.24, 2.45) is 0 Å². The van der Waals surface area contributed by atoms with E-state index in [2.05, 4.69) is 16.0 Å². The average molecular weight is 307 g/mol. The summed E-state index contributed by atoms with van der Waals surface area (Å²) in [6, 6.07) is 8.64. The van der Waals surface area contributed by atoms with Crippen LogP contribution in [0.2, 0.25) is 0 Å². The molecule has 2 aromatic rings. The van der Waals surface area contributed by atoms with E-state index in [1.54, 1.807) is 0 Å². The Morgan fingerprint density at radius 3 is 2.76 bits per heavy atom. The molecule has 1 aromatic heterocycles. The number of nitrogens with zero attached hydrogens (tertiary/aromatic N) is 2. The topological polar surface area (TPSA) is 64.0 Å². The van der Waals surface area contributed by atoms with Crippen molar-refractivity contribution < 1.29 is 8.42 Å². The maximum Gasteiger partial charge on any atom is 0.148 e. The number of nitrogens with one attached hydrogen (secondary N) is 1. The molecule has 5 nitrogen and oxygen atoms in total. The molecule has 1 aromatic carbocycles. The van der Waals surface area contributed by atoms with E-state index in [4.69, 9.17) is 4.98 Å². The highest BCUT2D eigenvalue weighted by Crippen LogP contribution is 2.38. The van der Waals surface area contributed by atoms with Gasteiger partial charge in [-0.05, 0) is 31.9 Å². The molecule has 1 heterocycles. The smallest absolute Gasteiger partial charge is 0.148 e. The Bertz CT molecular complexity index is 747. The standard InChI is InChI=1S/C15H21N3O2S/c1-11(10-21(2,19)20)16-9-15-17-13-5-3-4-6-14(13)18(15)12-7-8-12/h3-6,11-12,16H,7-10H2,1-2H3/t11-/m0/s1. The minimum atomic E-state index is -2.96. The number of aromatic nitrogens is 2. The fraction of sp³-hybridized carbons (Fsp3) is 0.533. The van der Waals surface area contributed by atoms with Crippen molar-refractivity contribution in [3.63, 3.8) is 0 Å². The van der Waals surface area contributed by atoms with E-state index < -0.39 is 9.84 Å². The summed E-state index contributed by atoms with van der Waals surface area (Å²) in [5, 5.41) is 3.28. The van der Waals surface area contributed by atoms with E-state index in [0.717, 1.165) is 11.3 Å². The van der Waals surface area contributed by atoms with Gasteiger partial charge in [0.1, 0.15) is 15.7 Å². The summed E-state index contributed by atoms with van der Waals surface area (Å²) in [5.74, 6) is 1.15. The molecule has 1 saturated carbocycles. The van der Waals surface area contributed by atoms with Gasteiger partial charge in [0.25, 0.3) is 0 Å². The summed E-state index contributed by atoms with van der Waals surface area (Å²) in [6.45, 7) is 2.49. The lowest BCUT2D eigenvalue weighted by Gasteiger charge is -2.13. The van der Waals surface area contributed by atoms with Gasteiger partial charge in [0.2, 0.25) is 0 Å². The third-order valence-electron chi connectivity index (χ3n) is 3.74. The van der Waals surface area contributed by atoms with Crippen molar-refractivity contribution in [1.82, 2.24) is 14.9 Å². The summed E-state index contributed by atoms with van der Waals surface area (Å²) in [7, 11) is -2.96. The Morgan fingerprint density at radius 2 is 2.10 bits per heavy atom. The van der Waals surface area contributed by atoms with Crippen LogP contribution in [0.3, 0.4) is 0 Å². The van der Waals surface area contributed by atoms with Crippen LogP contribution >= 0.6 is 0 Å². The number of sulfone groups is 1. The molecule has 1 fully saturated rings. The van der Waals surface area contributed by atoms with Gasteiger partial charge in [0, 0.05) is 18.3 Å². The van der Waals surface area contributed by atoms with E-state index in [1.807, 2.05) is 25.1 Å². The predicted octanol–water partition coefficient (Wildman–Crippen LogP) is 1.89. The van der Waals surface area contributed by atoms with Crippen LogP contribution in [0.1, 0.15) is 31.6 Å². The molecule has 3 rings (SSSR count). The van der Waals surface area contributed by atoms with Crippen LogP contribution in [0.25, 0.3) is 11.0 Å². The molecule has 0 bridgehead atoms. The Kier molecular flexibility index (Phi) is 3.75. The van der Waals surface area contributed by atoms with Gasteiger partial charge in [-0.2, -0.15) is 0 Å². The molecular weight excluding hydrogens is 286 g/mol. The zero-order valence-electron chi connectivity index (χ0n) is 12.4. The predicted molar refractivity (Wildman–Crippen MR) is 84.0 cm³/mol. The van der Waals surface area contributed by atoms with Gasteiger partial charge in [0.05, 0.1) is 23.3 Å². The lowest BCUT2D eigenvalue weighted by Crippen LogP contribution is -2.33. The normalized spacial score (nSPS) is 17.2. The highest BCUT2D eigenvalue weighted by Gasteiger charge is 2.28. The van der Waals surface area contributed by atoms with Crippen molar-refractivity contribution in [3.05, 3.63) is 30.1 Å². The second-order valence-corrected chi connectivity index (χ2v) is 8.18. The van der Waals surface area contributed by atoms with Crippen molar-refractivity contribution in [2.45, 2.75) is 38.4 Å². The molecule has 0 amide bonds. The molecule has 1 aliphatic rings. The zero-order chi connectivity index (χ0) is 15.0. The maximum atomic E-state index is 11.3. The van der Waals surface area contributed by atoms with Gasteiger partial charge in [0.15, 0.2) is 0 Å². The largest absolute Gasteiger partial charge is 0.324 e. The molecule has 0 saturated heterocycles. The lowest BCUT2D eigenvalue weighted by molar-refractivity contribution is 0.539. The average Bonchev–Trinajstić information content (AvgIpc) is 3.15. The van der Waals surface area contributed by atoms with Crippen LogP contribution in [0.5, 0.6) is 0 Å². The highest BCUT2D eigenvalue weighted by molar-refractivity contribution is 7.90. The molecule has 21 heavy (non-hydrogen) atoms. The van der Waals surface area contributed by atoms with Gasteiger partial charge in [-0.3, -0.25) is 0 Å². The van der Waals surface area contributed by atoms with Gasteiger partial charge in [-0.15, -0.1) is 0 Å².